The summed E-state index contributed by atoms with van der Waals surface area (Å²) in [6, 6.07) is 3.92. The van der Waals surface area contributed by atoms with Crippen LogP contribution in [0.25, 0.3) is 0 Å². The highest BCUT2D eigenvalue weighted by Crippen LogP contribution is 2.17. The fourth-order valence-electron chi connectivity index (χ4n) is 2.09. The lowest BCUT2D eigenvalue weighted by Crippen LogP contribution is -2.38. The average molecular weight is 222 g/mol. The maximum absolute atomic E-state index is 11.6. The molecule has 1 amide bonds. The fourth-order valence-corrected chi connectivity index (χ4v) is 2.09. The number of aryl methyl sites for hydroxylation is 1. The lowest BCUT2D eigenvalue weighted by molar-refractivity contribution is 0.188. The van der Waals surface area contributed by atoms with Crippen molar-refractivity contribution in [3.63, 3.8) is 0 Å². The van der Waals surface area contributed by atoms with Crippen LogP contribution in [0.15, 0.2) is 18.3 Å². The van der Waals surface area contributed by atoms with E-state index in [0.29, 0.717) is 11.9 Å². The maximum atomic E-state index is 11.6. The molecule has 88 valence electrons. The van der Waals surface area contributed by atoms with Gasteiger partial charge in [0.1, 0.15) is 0 Å². The number of nitrogens with zero attached hydrogens (tertiary/aromatic N) is 1. The van der Waals surface area contributed by atoms with E-state index in [1.54, 1.807) is 10.6 Å². The molecule has 0 aromatic carbocycles. The zero-order valence-electron chi connectivity index (χ0n) is 9.61. The minimum Gasteiger partial charge on any atom is -0.393 e. The zero-order valence-corrected chi connectivity index (χ0v) is 9.61. The summed E-state index contributed by atoms with van der Waals surface area (Å²) in [7, 11) is 1.85. The first kappa shape index (κ1) is 11.0. The van der Waals surface area contributed by atoms with Crippen LogP contribution in [-0.2, 0) is 7.05 Å². The number of aromatic nitrogens is 1. The molecule has 1 heterocycles. The number of carbonyl (C=O) groups is 1. The maximum Gasteiger partial charge on any atom is 0.414 e. The Bertz CT molecular complexity index is 354. The van der Waals surface area contributed by atoms with Crippen LogP contribution < -0.4 is 10.1 Å². The Kier molecular flexibility index (Phi) is 3.49. The third-order valence-corrected chi connectivity index (χ3v) is 3.02. The van der Waals surface area contributed by atoms with Gasteiger partial charge in [0.25, 0.3) is 0 Å². The van der Waals surface area contributed by atoms with Gasteiger partial charge in [-0.05, 0) is 18.9 Å². The lowest BCUT2D eigenvalue weighted by atomic mass is 9.96. The minimum absolute atomic E-state index is 0.293. The van der Waals surface area contributed by atoms with Crippen LogP contribution in [0.1, 0.15) is 32.1 Å². The van der Waals surface area contributed by atoms with Crippen molar-refractivity contribution in [3.8, 4) is 5.88 Å². The summed E-state index contributed by atoms with van der Waals surface area (Å²) in [6.07, 6.45) is 7.34. The third-order valence-electron chi connectivity index (χ3n) is 3.02. The second-order valence-corrected chi connectivity index (χ2v) is 4.33. The molecule has 2 rings (SSSR count). The molecule has 4 nitrogen and oxygen atoms in total. The van der Waals surface area contributed by atoms with E-state index in [1.807, 2.05) is 19.3 Å². The molecule has 1 aromatic heterocycles. The fraction of sp³-hybridized carbons (Fsp3) is 0.583. The minimum atomic E-state index is -0.339. The van der Waals surface area contributed by atoms with Crippen LogP contribution in [0.3, 0.4) is 0 Å². The van der Waals surface area contributed by atoms with Gasteiger partial charge in [-0.25, -0.2) is 4.79 Å². The normalized spacial score (nSPS) is 17.1. The molecule has 1 aliphatic rings. The molecular formula is C12H18N2O2. The first-order valence-electron chi connectivity index (χ1n) is 5.85. The van der Waals surface area contributed by atoms with Gasteiger partial charge < -0.3 is 14.6 Å². The van der Waals surface area contributed by atoms with E-state index in [4.69, 9.17) is 4.74 Å². The Hall–Kier alpha value is -1.45. The summed E-state index contributed by atoms with van der Waals surface area (Å²) >= 11 is 0. The molecule has 4 heteroatoms. The van der Waals surface area contributed by atoms with E-state index in [9.17, 15) is 4.79 Å². The summed E-state index contributed by atoms with van der Waals surface area (Å²) < 4.78 is 6.98. The zero-order chi connectivity index (χ0) is 11.4. The van der Waals surface area contributed by atoms with Crippen LogP contribution in [0.2, 0.25) is 0 Å². The van der Waals surface area contributed by atoms with Crippen molar-refractivity contribution in [3.05, 3.63) is 18.3 Å². The second kappa shape index (κ2) is 5.05. The van der Waals surface area contributed by atoms with Crippen LogP contribution in [0.5, 0.6) is 5.88 Å². The highest BCUT2D eigenvalue weighted by atomic mass is 16.6. The van der Waals surface area contributed by atoms with Gasteiger partial charge in [0.15, 0.2) is 0 Å². The van der Waals surface area contributed by atoms with E-state index >= 15 is 0 Å². The largest absolute Gasteiger partial charge is 0.414 e. The number of rotatable bonds is 2. The van der Waals surface area contributed by atoms with Gasteiger partial charge in [0.2, 0.25) is 5.88 Å². The van der Waals surface area contributed by atoms with Crippen LogP contribution in [0, 0.1) is 0 Å². The van der Waals surface area contributed by atoms with Crippen molar-refractivity contribution in [2.75, 3.05) is 0 Å². The second-order valence-electron chi connectivity index (χ2n) is 4.33. The number of hydrogen-bond acceptors (Lipinski definition) is 2. The van der Waals surface area contributed by atoms with Gasteiger partial charge in [-0.3, -0.25) is 0 Å². The summed E-state index contributed by atoms with van der Waals surface area (Å²) in [5, 5.41) is 2.91. The van der Waals surface area contributed by atoms with E-state index in [1.165, 1.54) is 19.3 Å². The molecule has 16 heavy (non-hydrogen) atoms. The Morgan fingerprint density at radius 2 is 2.19 bits per heavy atom. The molecule has 1 aliphatic carbocycles. The summed E-state index contributed by atoms with van der Waals surface area (Å²) in [5.74, 6) is 0.577. The molecule has 0 spiro atoms. The van der Waals surface area contributed by atoms with Crippen molar-refractivity contribution in [1.82, 2.24) is 9.88 Å². The third kappa shape index (κ3) is 2.78. The molecule has 0 bridgehead atoms. The molecule has 0 unspecified atom stereocenters. The number of amides is 1. The molecule has 0 aliphatic heterocycles. The molecule has 0 atom stereocenters. The molecule has 1 N–H and O–H groups in total. The van der Waals surface area contributed by atoms with Crippen molar-refractivity contribution in [1.29, 1.82) is 0 Å². The smallest absolute Gasteiger partial charge is 0.393 e. The lowest BCUT2D eigenvalue weighted by Gasteiger charge is -2.22. The molecule has 1 fully saturated rings. The predicted octanol–water partition coefficient (Wildman–Crippen LogP) is 2.45. The van der Waals surface area contributed by atoms with Gasteiger partial charge >= 0.3 is 6.09 Å². The van der Waals surface area contributed by atoms with Gasteiger partial charge in [-0.2, -0.15) is 0 Å². The Morgan fingerprint density at radius 1 is 1.44 bits per heavy atom. The number of carbonyl (C=O) groups excluding carboxylic acids is 1. The highest BCUT2D eigenvalue weighted by Gasteiger charge is 2.17. The standard InChI is InChI=1S/C12H18N2O2/c1-14-9-5-8-11(14)16-12(15)13-10-6-3-2-4-7-10/h5,8-10H,2-4,6-7H2,1H3,(H,13,15). The van der Waals surface area contributed by atoms with Gasteiger partial charge in [0, 0.05) is 25.4 Å². The van der Waals surface area contributed by atoms with E-state index in [-0.39, 0.29) is 6.09 Å². The quantitative estimate of drug-likeness (QED) is 0.835. The molecule has 0 radical (unpaired) electrons. The molecular weight excluding hydrogens is 204 g/mol. The van der Waals surface area contributed by atoms with Gasteiger partial charge in [-0.1, -0.05) is 19.3 Å². The molecule has 1 aromatic rings. The topological polar surface area (TPSA) is 43.3 Å². The number of nitrogens with one attached hydrogen (secondary N) is 1. The van der Waals surface area contributed by atoms with Crippen LogP contribution >= 0.6 is 0 Å². The average Bonchev–Trinajstić information content (AvgIpc) is 2.66. The van der Waals surface area contributed by atoms with Crippen molar-refractivity contribution in [2.45, 2.75) is 38.1 Å². The van der Waals surface area contributed by atoms with Crippen molar-refractivity contribution in [2.24, 2.45) is 7.05 Å². The predicted molar refractivity (Wildman–Crippen MR) is 61.4 cm³/mol. The monoisotopic (exact) mass is 222 g/mol. The highest BCUT2D eigenvalue weighted by molar-refractivity contribution is 5.70. The Morgan fingerprint density at radius 3 is 2.81 bits per heavy atom. The van der Waals surface area contributed by atoms with Crippen molar-refractivity contribution < 1.29 is 9.53 Å². The van der Waals surface area contributed by atoms with Crippen LogP contribution in [-0.4, -0.2) is 16.7 Å². The number of ether oxygens (including phenoxy) is 1. The van der Waals surface area contributed by atoms with Gasteiger partial charge in [-0.15, -0.1) is 0 Å². The van der Waals surface area contributed by atoms with E-state index < -0.39 is 0 Å². The number of hydrogen-bond donors (Lipinski definition) is 1. The van der Waals surface area contributed by atoms with E-state index in [0.717, 1.165) is 12.8 Å². The first-order chi connectivity index (χ1) is 7.75. The molecule has 1 saturated carbocycles. The van der Waals surface area contributed by atoms with E-state index in [2.05, 4.69) is 5.32 Å². The van der Waals surface area contributed by atoms with Crippen molar-refractivity contribution >= 4 is 6.09 Å². The SMILES string of the molecule is Cn1cccc1OC(=O)NC1CCCCC1. The summed E-state index contributed by atoms with van der Waals surface area (Å²) in [4.78, 5) is 11.6. The Balaban J connectivity index is 1.82. The summed E-state index contributed by atoms with van der Waals surface area (Å²) in [6.45, 7) is 0. The van der Waals surface area contributed by atoms with Gasteiger partial charge in [0.05, 0.1) is 0 Å². The first-order valence-corrected chi connectivity index (χ1v) is 5.85. The summed E-state index contributed by atoms with van der Waals surface area (Å²) in [5.41, 5.74) is 0. The molecule has 0 saturated heterocycles. The Labute approximate surface area is 95.6 Å². The van der Waals surface area contributed by atoms with Crippen LogP contribution in [0.4, 0.5) is 4.79 Å².